The van der Waals surface area contributed by atoms with Crippen LogP contribution in [0.15, 0.2) is 0 Å². The zero-order valence-corrected chi connectivity index (χ0v) is 21.3. The Kier molecular flexibility index (Phi) is 10.7. The van der Waals surface area contributed by atoms with Crippen molar-refractivity contribution in [1.29, 1.82) is 0 Å². The molecule has 7 unspecified atom stereocenters. The summed E-state index contributed by atoms with van der Waals surface area (Å²) in [7, 11) is 0. The number of hydrogen-bond acceptors (Lipinski definition) is 2. The SMILES string of the molecule is CCCCCCCC.CCCCCCCCC12OC3CCC(C4CCC(O)CC41)C2C3. The van der Waals surface area contributed by atoms with Gasteiger partial charge >= 0.3 is 0 Å². The molecular weight excluding hydrogens is 380 g/mol. The molecule has 4 fully saturated rings. The van der Waals surface area contributed by atoms with Crippen molar-refractivity contribution in [3.63, 3.8) is 0 Å². The lowest BCUT2D eigenvalue weighted by Crippen LogP contribution is -2.43. The van der Waals surface area contributed by atoms with Crippen LogP contribution in [0.25, 0.3) is 0 Å². The number of aliphatic hydroxyl groups is 1. The molecule has 3 saturated carbocycles. The summed E-state index contributed by atoms with van der Waals surface area (Å²) in [6.07, 6.45) is 25.9. The van der Waals surface area contributed by atoms with Gasteiger partial charge in [-0.1, -0.05) is 97.8 Å². The van der Waals surface area contributed by atoms with Crippen LogP contribution in [-0.2, 0) is 4.74 Å². The average Bonchev–Trinajstić information content (AvgIpc) is 3.20. The van der Waals surface area contributed by atoms with E-state index in [0.717, 1.165) is 30.6 Å². The first kappa shape index (κ1) is 25.5. The van der Waals surface area contributed by atoms with Gasteiger partial charge in [-0.25, -0.2) is 0 Å². The maximum Gasteiger partial charge on any atom is 0.0749 e. The van der Waals surface area contributed by atoms with E-state index in [0.29, 0.717) is 12.0 Å². The Morgan fingerprint density at radius 1 is 0.645 bits per heavy atom. The predicted molar refractivity (Wildman–Crippen MR) is 132 cm³/mol. The highest BCUT2D eigenvalue weighted by molar-refractivity contribution is 5.15. The van der Waals surface area contributed by atoms with Gasteiger partial charge in [0.2, 0.25) is 0 Å². The summed E-state index contributed by atoms with van der Waals surface area (Å²) in [4.78, 5) is 0. The molecule has 0 aromatic carbocycles. The summed E-state index contributed by atoms with van der Waals surface area (Å²) < 4.78 is 6.80. The first-order valence-electron chi connectivity index (χ1n) is 14.5. The molecule has 1 aliphatic heterocycles. The first-order chi connectivity index (χ1) is 15.2. The molecule has 4 aliphatic rings. The number of rotatable bonds is 12. The second kappa shape index (κ2) is 13.0. The van der Waals surface area contributed by atoms with Crippen LogP contribution in [0.2, 0.25) is 0 Å². The van der Waals surface area contributed by atoms with Crippen LogP contribution in [0.1, 0.15) is 143 Å². The quantitative estimate of drug-likeness (QED) is 0.312. The van der Waals surface area contributed by atoms with Crippen LogP contribution < -0.4 is 0 Å². The molecule has 0 radical (unpaired) electrons. The molecule has 4 rings (SSSR count). The second-order valence-corrected chi connectivity index (χ2v) is 11.4. The van der Waals surface area contributed by atoms with Crippen LogP contribution >= 0.6 is 0 Å². The van der Waals surface area contributed by atoms with Crippen molar-refractivity contribution in [3.8, 4) is 0 Å². The Morgan fingerprint density at radius 2 is 1.16 bits per heavy atom. The molecule has 3 aliphatic carbocycles. The minimum absolute atomic E-state index is 0.0563. The molecule has 1 N–H and O–H groups in total. The van der Waals surface area contributed by atoms with Crippen molar-refractivity contribution in [3.05, 3.63) is 0 Å². The number of fused-ring (bicyclic) bond motifs is 4. The highest BCUT2D eigenvalue weighted by Gasteiger charge is 2.66. The summed E-state index contributed by atoms with van der Waals surface area (Å²) in [6.45, 7) is 6.80. The second-order valence-electron chi connectivity index (χ2n) is 11.4. The number of hydrogen-bond donors (Lipinski definition) is 1. The highest BCUT2D eigenvalue weighted by Crippen LogP contribution is 2.66. The lowest BCUT2D eigenvalue weighted by atomic mass is 9.71. The van der Waals surface area contributed by atoms with Crippen molar-refractivity contribution >= 4 is 0 Å². The maximum absolute atomic E-state index is 10.3. The normalized spacial score (nSPS) is 37.9. The van der Waals surface area contributed by atoms with E-state index in [1.54, 1.807) is 0 Å². The zero-order valence-electron chi connectivity index (χ0n) is 21.3. The van der Waals surface area contributed by atoms with Crippen molar-refractivity contribution in [1.82, 2.24) is 0 Å². The largest absolute Gasteiger partial charge is 0.393 e. The molecule has 0 spiro atoms. The Hall–Kier alpha value is -0.0800. The summed E-state index contributed by atoms with van der Waals surface area (Å²) in [5.41, 5.74) is 0.169. The predicted octanol–water partition coefficient (Wildman–Crippen LogP) is 8.45. The van der Waals surface area contributed by atoms with Gasteiger partial charge < -0.3 is 9.84 Å². The number of unbranched alkanes of at least 4 members (excludes halogenated alkanes) is 10. The van der Waals surface area contributed by atoms with Gasteiger partial charge in [-0.15, -0.1) is 0 Å². The van der Waals surface area contributed by atoms with E-state index in [1.807, 2.05) is 0 Å². The van der Waals surface area contributed by atoms with Crippen LogP contribution in [0, 0.1) is 23.7 Å². The highest BCUT2D eigenvalue weighted by atomic mass is 16.5. The van der Waals surface area contributed by atoms with Crippen LogP contribution in [-0.4, -0.2) is 22.9 Å². The van der Waals surface area contributed by atoms with E-state index in [9.17, 15) is 5.11 Å². The summed E-state index contributed by atoms with van der Waals surface area (Å²) in [6, 6.07) is 0. The summed E-state index contributed by atoms with van der Waals surface area (Å²) >= 11 is 0. The molecule has 182 valence electrons. The first-order valence-corrected chi connectivity index (χ1v) is 14.5. The Labute approximate surface area is 194 Å². The Morgan fingerprint density at radius 3 is 1.77 bits per heavy atom. The van der Waals surface area contributed by atoms with Gasteiger partial charge in [0.25, 0.3) is 0 Å². The Bertz CT molecular complexity index is 485. The van der Waals surface area contributed by atoms with Gasteiger partial charge in [-0.05, 0) is 68.6 Å². The minimum Gasteiger partial charge on any atom is -0.393 e. The molecule has 2 bridgehead atoms. The molecule has 2 nitrogen and oxygen atoms in total. The van der Waals surface area contributed by atoms with E-state index in [1.165, 1.54) is 109 Å². The molecule has 2 heteroatoms. The van der Waals surface area contributed by atoms with Crippen LogP contribution in [0.3, 0.4) is 0 Å². The van der Waals surface area contributed by atoms with Crippen molar-refractivity contribution in [2.75, 3.05) is 0 Å². The maximum atomic E-state index is 10.3. The molecule has 0 amide bonds. The smallest absolute Gasteiger partial charge is 0.0749 e. The lowest BCUT2D eigenvalue weighted by molar-refractivity contribution is -0.113. The fraction of sp³-hybridized carbons (Fsp3) is 1.00. The summed E-state index contributed by atoms with van der Waals surface area (Å²) in [5, 5.41) is 10.3. The van der Waals surface area contributed by atoms with Gasteiger partial charge in [0, 0.05) is 0 Å². The molecule has 7 atom stereocenters. The average molecular weight is 435 g/mol. The topological polar surface area (TPSA) is 29.5 Å². The van der Waals surface area contributed by atoms with E-state index in [-0.39, 0.29) is 11.7 Å². The third-order valence-electron chi connectivity index (χ3n) is 9.30. The molecular formula is C29H54O2. The van der Waals surface area contributed by atoms with Gasteiger partial charge in [-0.2, -0.15) is 0 Å². The van der Waals surface area contributed by atoms with Gasteiger partial charge in [0.1, 0.15) is 0 Å². The standard InChI is InChI=1S/C21H36O2.C8H18/c1-2-3-4-5-6-7-12-21-19-13-15(22)8-10-17(19)18-11-9-16(23-21)14-20(18)21;1-3-5-7-8-6-4-2/h15-20,22H,2-14H2,1H3;3-8H2,1-2H3. The zero-order chi connectivity index (χ0) is 22.1. The number of aliphatic hydroxyl groups excluding tert-OH is 1. The van der Waals surface area contributed by atoms with Gasteiger partial charge in [0.15, 0.2) is 0 Å². The van der Waals surface area contributed by atoms with Crippen LogP contribution in [0.5, 0.6) is 0 Å². The third-order valence-corrected chi connectivity index (χ3v) is 9.30. The minimum atomic E-state index is -0.0563. The third kappa shape index (κ3) is 6.28. The fourth-order valence-corrected chi connectivity index (χ4v) is 7.81. The summed E-state index contributed by atoms with van der Waals surface area (Å²) in [5.74, 6) is 3.29. The van der Waals surface area contributed by atoms with E-state index >= 15 is 0 Å². The molecule has 31 heavy (non-hydrogen) atoms. The molecule has 1 heterocycles. The van der Waals surface area contributed by atoms with Crippen molar-refractivity contribution in [2.45, 2.75) is 161 Å². The lowest BCUT2D eigenvalue weighted by Gasteiger charge is -2.42. The Balaban J connectivity index is 0.000000293. The van der Waals surface area contributed by atoms with E-state index in [4.69, 9.17) is 4.74 Å². The van der Waals surface area contributed by atoms with Gasteiger partial charge in [0.05, 0.1) is 17.8 Å². The number of ether oxygens (including phenoxy) is 1. The monoisotopic (exact) mass is 434 g/mol. The van der Waals surface area contributed by atoms with Crippen LogP contribution in [0.4, 0.5) is 0 Å². The van der Waals surface area contributed by atoms with Crippen molar-refractivity contribution < 1.29 is 9.84 Å². The fourth-order valence-electron chi connectivity index (χ4n) is 7.81. The van der Waals surface area contributed by atoms with Crippen molar-refractivity contribution in [2.24, 2.45) is 23.7 Å². The molecule has 0 aromatic heterocycles. The van der Waals surface area contributed by atoms with E-state index in [2.05, 4.69) is 20.8 Å². The van der Waals surface area contributed by atoms with E-state index < -0.39 is 0 Å². The molecule has 1 saturated heterocycles. The van der Waals surface area contributed by atoms with Gasteiger partial charge in [-0.3, -0.25) is 0 Å². The molecule has 0 aromatic rings.